The van der Waals surface area contributed by atoms with E-state index in [0.717, 1.165) is 80.9 Å². The fourth-order valence-electron chi connectivity index (χ4n) is 8.62. The highest BCUT2D eigenvalue weighted by molar-refractivity contribution is 5.66. The Morgan fingerprint density at radius 3 is 1.57 bits per heavy atom. The van der Waals surface area contributed by atoms with Crippen molar-refractivity contribution < 1.29 is 18.6 Å². The van der Waals surface area contributed by atoms with Gasteiger partial charge in [0, 0.05) is 11.1 Å². The topological polar surface area (TPSA) is 32.8 Å². The van der Waals surface area contributed by atoms with Crippen LogP contribution in [0.1, 0.15) is 120 Å². The fourth-order valence-corrected chi connectivity index (χ4v) is 8.62. The van der Waals surface area contributed by atoms with Crippen LogP contribution < -0.4 is 0 Å². The summed E-state index contributed by atoms with van der Waals surface area (Å²) in [6.45, 7) is 3.07. The Morgan fingerprint density at radius 2 is 1.15 bits per heavy atom. The molecule has 2 nitrogen and oxygen atoms in total. The van der Waals surface area contributed by atoms with Crippen LogP contribution in [-0.4, -0.2) is 23.9 Å². The van der Waals surface area contributed by atoms with Gasteiger partial charge < -0.3 is 9.84 Å². The number of ether oxygens (including phenoxy) is 1. The average molecular weight is 551 g/mol. The molecule has 1 heterocycles. The van der Waals surface area contributed by atoms with Gasteiger partial charge in [-0.05, 0) is 142 Å². The van der Waals surface area contributed by atoms with Gasteiger partial charge in [-0.3, -0.25) is 0 Å². The number of benzene rings is 2. The van der Waals surface area contributed by atoms with Gasteiger partial charge in [-0.1, -0.05) is 37.6 Å². The van der Waals surface area contributed by atoms with Gasteiger partial charge >= 0.3 is 0 Å². The maximum absolute atomic E-state index is 15.4. The molecule has 1 aliphatic heterocycles. The number of epoxide rings is 1. The molecule has 4 aliphatic rings. The summed E-state index contributed by atoms with van der Waals surface area (Å²) in [7, 11) is 0. The van der Waals surface area contributed by atoms with Crippen LogP contribution in [0.25, 0.3) is 11.1 Å². The van der Waals surface area contributed by atoms with Gasteiger partial charge in [0.15, 0.2) is 0 Å². The summed E-state index contributed by atoms with van der Waals surface area (Å²) in [6.07, 6.45) is 16.3. The van der Waals surface area contributed by atoms with Crippen LogP contribution in [0.15, 0.2) is 36.4 Å². The minimum Gasteiger partial charge on any atom is -0.393 e. The largest absolute Gasteiger partial charge is 0.393 e. The number of aliphatic hydroxyl groups is 1. The first-order valence-electron chi connectivity index (χ1n) is 16.4. The molecule has 40 heavy (non-hydrogen) atoms. The lowest BCUT2D eigenvalue weighted by Gasteiger charge is -2.39. The molecule has 1 saturated heterocycles. The fraction of sp³-hybridized carbons (Fsp3) is 0.667. The molecular formula is C36H48F2O2. The molecule has 0 radical (unpaired) electrons. The van der Waals surface area contributed by atoms with Gasteiger partial charge in [0.05, 0.1) is 18.8 Å². The van der Waals surface area contributed by atoms with E-state index in [9.17, 15) is 5.11 Å². The predicted octanol–water partition coefficient (Wildman–Crippen LogP) is 9.55. The van der Waals surface area contributed by atoms with Crippen molar-refractivity contribution in [3.63, 3.8) is 0 Å². The second kappa shape index (κ2) is 12.6. The Labute approximate surface area is 239 Å². The predicted molar refractivity (Wildman–Crippen MR) is 157 cm³/mol. The molecule has 3 saturated carbocycles. The van der Waals surface area contributed by atoms with E-state index in [1.54, 1.807) is 24.3 Å². The van der Waals surface area contributed by atoms with Crippen LogP contribution in [0.3, 0.4) is 0 Å². The number of hydrogen-bond acceptors (Lipinski definition) is 2. The van der Waals surface area contributed by atoms with Crippen LogP contribution in [-0.2, 0) is 4.74 Å². The molecule has 0 aromatic heterocycles. The van der Waals surface area contributed by atoms with Crippen LogP contribution in [0.4, 0.5) is 8.78 Å². The lowest BCUT2D eigenvalue weighted by Crippen LogP contribution is -2.30. The maximum Gasteiger partial charge on any atom is 0.131 e. The van der Waals surface area contributed by atoms with Crippen molar-refractivity contribution in [3.05, 3.63) is 59.2 Å². The van der Waals surface area contributed by atoms with E-state index in [1.807, 2.05) is 12.1 Å². The van der Waals surface area contributed by atoms with E-state index in [4.69, 9.17) is 4.74 Å². The molecule has 4 fully saturated rings. The smallest absolute Gasteiger partial charge is 0.131 e. The normalized spacial score (nSPS) is 33.5. The van der Waals surface area contributed by atoms with Gasteiger partial charge in [-0.2, -0.15) is 0 Å². The molecule has 2 unspecified atom stereocenters. The second-order valence-electron chi connectivity index (χ2n) is 13.6. The lowest BCUT2D eigenvalue weighted by molar-refractivity contribution is 0.0528. The molecule has 0 bridgehead atoms. The summed E-state index contributed by atoms with van der Waals surface area (Å²) in [5.74, 6) is 2.91. The van der Waals surface area contributed by atoms with Crippen LogP contribution in [0.2, 0.25) is 0 Å². The van der Waals surface area contributed by atoms with E-state index < -0.39 is 0 Å². The van der Waals surface area contributed by atoms with Crippen LogP contribution in [0.5, 0.6) is 0 Å². The highest BCUT2D eigenvalue weighted by atomic mass is 19.1. The maximum atomic E-state index is 15.4. The average Bonchev–Trinajstić information content (AvgIpc) is 3.84. The molecule has 218 valence electrons. The van der Waals surface area contributed by atoms with E-state index >= 15 is 8.78 Å². The SMILES string of the molecule is CCCC(O)C1CCC(C2CCC(c3ccc(-c4ccc(C5CCC(C6CO6)CC5)cc4F)c(F)c3)CC2)CC1. The summed E-state index contributed by atoms with van der Waals surface area (Å²) in [6, 6.07) is 11.0. The number of hydrogen-bond donors (Lipinski definition) is 1. The summed E-state index contributed by atoms with van der Waals surface area (Å²) >= 11 is 0. The summed E-state index contributed by atoms with van der Waals surface area (Å²) < 4.78 is 36.1. The first-order chi connectivity index (χ1) is 19.5. The van der Waals surface area contributed by atoms with Crippen LogP contribution >= 0.6 is 0 Å². The molecule has 2 aromatic carbocycles. The van der Waals surface area contributed by atoms with Crippen molar-refractivity contribution in [2.24, 2.45) is 23.7 Å². The van der Waals surface area contributed by atoms with Crippen molar-refractivity contribution in [3.8, 4) is 11.1 Å². The summed E-state index contributed by atoms with van der Waals surface area (Å²) in [5.41, 5.74) is 2.87. The van der Waals surface area contributed by atoms with E-state index in [-0.39, 0.29) is 17.7 Å². The Hall–Kier alpha value is -1.78. The molecule has 6 rings (SSSR count). The number of halogens is 2. The third-order valence-electron chi connectivity index (χ3n) is 11.3. The quantitative estimate of drug-likeness (QED) is 0.332. The van der Waals surface area contributed by atoms with E-state index in [0.29, 0.717) is 40.9 Å². The number of aliphatic hydroxyl groups excluding tert-OH is 1. The standard InChI is InChI=1S/C36H48F2O2/c1-2-3-35(39)27-12-8-24(9-13-27)23-4-6-25(7-5-23)29-16-18-31(33(37)20-29)32-19-17-30(21-34(32)38)26-10-14-28(15-11-26)36-22-40-36/h16-21,23-28,35-36,39H,2-15,22H2,1H3. The molecule has 2 atom stereocenters. The lowest BCUT2D eigenvalue weighted by atomic mass is 9.67. The Morgan fingerprint density at radius 1 is 0.700 bits per heavy atom. The van der Waals surface area contributed by atoms with E-state index in [2.05, 4.69) is 6.92 Å². The first-order valence-corrected chi connectivity index (χ1v) is 16.4. The molecule has 2 aromatic rings. The zero-order chi connectivity index (χ0) is 27.6. The highest BCUT2D eigenvalue weighted by Gasteiger charge is 2.36. The van der Waals surface area contributed by atoms with Gasteiger partial charge in [0.25, 0.3) is 0 Å². The molecule has 1 N–H and O–H groups in total. The van der Waals surface area contributed by atoms with Gasteiger partial charge in [0.2, 0.25) is 0 Å². The number of rotatable bonds is 8. The minimum atomic E-state index is -0.311. The summed E-state index contributed by atoms with van der Waals surface area (Å²) in [4.78, 5) is 0. The van der Waals surface area contributed by atoms with Crippen molar-refractivity contribution in [1.82, 2.24) is 0 Å². The van der Waals surface area contributed by atoms with Gasteiger partial charge in [-0.15, -0.1) is 0 Å². The van der Waals surface area contributed by atoms with E-state index in [1.165, 1.54) is 38.5 Å². The highest BCUT2D eigenvalue weighted by Crippen LogP contribution is 2.45. The zero-order valence-electron chi connectivity index (χ0n) is 24.3. The third-order valence-corrected chi connectivity index (χ3v) is 11.3. The van der Waals surface area contributed by atoms with Gasteiger partial charge in [-0.25, -0.2) is 8.78 Å². The van der Waals surface area contributed by atoms with Gasteiger partial charge in [0.1, 0.15) is 11.6 Å². The van der Waals surface area contributed by atoms with Crippen LogP contribution in [0, 0.1) is 35.3 Å². The molecular weight excluding hydrogens is 502 g/mol. The first kappa shape index (κ1) is 28.3. The Balaban J connectivity index is 1.03. The molecule has 3 aliphatic carbocycles. The molecule has 0 amide bonds. The zero-order valence-corrected chi connectivity index (χ0v) is 24.3. The third kappa shape index (κ3) is 6.33. The van der Waals surface area contributed by atoms with Crippen molar-refractivity contribution in [2.75, 3.05) is 6.61 Å². The van der Waals surface area contributed by atoms with Crippen molar-refractivity contribution >= 4 is 0 Å². The molecule has 0 spiro atoms. The monoisotopic (exact) mass is 550 g/mol. The Bertz CT molecular complexity index is 1120. The summed E-state index contributed by atoms with van der Waals surface area (Å²) in [5, 5.41) is 10.4. The molecule has 4 heteroatoms. The van der Waals surface area contributed by atoms with Crippen molar-refractivity contribution in [2.45, 2.75) is 121 Å². The van der Waals surface area contributed by atoms with Crippen molar-refractivity contribution in [1.29, 1.82) is 0 Å². The Kier molecular flexibility index (Phi) is 8.94. The minimum absolute atomic E-state index is 0.112. The second-order valence-corrected chi connectivity index (χ2v) is 13.6.